The molecule has 4 rings (SSSR count). The van der Waals surface area contributed by atoms with E-state index in [1.165, 1.54) is 5.56 Å². The Labute approximate surface area is 157 Å². The van der Waals surface area contributed by atoms with Crippen molar-refractivity contribution in [3.8, 4) is 16.9 Å². The summed E-state index contributed by atoms with van der Waals surface area (Å²) in [4.78, 5) is 6.78. The van der Waals surface area contributed by atoms with Crippen molar-refractivity contribution in [1.82, 2.24) is 9.88 Å². The maximum atomic E-state index is 10.6. The number of phenols is 1. The van der Waals surface area contributed by atoms with Crippen molar-refractivity contribution in [3.05, 3.63) is 59.6 Å². The number of nitrogens with zero attached hydrogens (tertiary/aromatic N) is 2. The molecule has 1 N–H and O–H groups in total. The highest BCUT2D eigenvalue weighted by Crippen LogP contribution is 2.40. The number of phenolic OH excluding ortho intramolecular Hbond substituents is 1. The maximum Gasteiger partial charge on any atom is 0.124 e. The van der Waals surface area contributed by atoms with E-state index in [2.05, 4.69) is 66.6 Å². The second kappa shape index (κ2) is 6.71. The van der Waals surface area contributed by atoms with Crippen LogP contribution in [0.3, 0.4) is 0 Å². The fraction of sp³-hybridized carbons (Fsp3) is 0.227. The zero-order valence-corrected chi connectivity index (χ0v) is 16.0. The molecule has 0 saturated heterocycles. The number of pyridine rings is 1. The molecule has 1 atom stereocenters. The number of hydrogen-bond donors (Lipinski definition) is 1. The van der Waals surface area contributed by atoms with E-state index in [9.17, 15) is 5.11 Å². The Morgan fingerprint density at radius 3 is 2.58 bits per heavy atom. The fourth-order valence-corrected chi connectivity index (χ4v) is 4.40. The summed E-state index contributed by atoms with van der Waals surface area (Å²) >= 11 is 1.68. The molecule has 0 saturated carbocycles. The molecule has 0 aliphatic heterocycles. The number of likely N-dealkylation sites (N-methyl/N-ethyl adjacent to an activating group) is 1. The minimum absolute atomic E-state index is 0.298. The molecule has 3 nitrogen and oxygen atoms in total. The van der Waals surface area contributed by atoms with Crippen LogP contribution in [-0.2, 0) is 0 Å². The Morgan fingerprint density at radius 1 is 1.08 bits per heavy atom. The predicted octanol–water partition coefficient (Wildman–Crippen LogP) is 5.49. The van der Waals surface area contributed by atoms with Gasteiger partial charge in [-0.15, -0.1) is 11.3 Å². The number of benzene rings is 2. The van der Waals surface area contributed by atoms with Gasteiger partial charge >= 0.3 is 0 Å². The molecule has 0 radical (unpaired) electrons. The Kier molecular flexibility index (Phi) is 4.39. The molecule has 2 aromatic heterocycles. The van der Waals surface area contributed by atoms with E-state index in [1.807, 2.05) is 12.3 Å². The van der Waals surface area contributed by atoms with E-state index in [-0.39, 0.29) is 0 Å². The molecule has 2 heterocycles. The first-order valence-corrected chi connectivity index (χ1v) is 9.65. The molecule has 4 aromatic rings. The Hall–Kier alpha value is -2.43. The zero-order chi connectivity index (χ0) is 18.3. The standard InChI is InChI=1S/C22H22N2OS/c1-14(13-24(2)3)15-4-6-16(7-5-15)21-19(25)9-8-18-22(21)17-10-11-26-20(17)12-23-18/h4-12,14,25H,13H2,1-3H3. The number of thiophene rings is 1. The first kappa shape index (κ1) is 17.0. The fourth-order valence-electron chi connectivity index (χ4n) is 3.64. The smallest absolute Gasteiger partial charge is 0.124 e. The summed E-state index contributed by atoms with van der Waals surface area (Å²) in [7, 11) is 4.19. The second-order valence-electron chi connectivity index (χ2n) is 7.10. The molecule has 0 amide bonds. The number of rotatable bonds is 4. The monoisotopic (exact) mass is 362 g/mol. The predicted molar refractivity (Wildman–Crippen MR) is 111 cm³/mol. The minimum Gasteiger partial charge on any atom is -0.507 e. The summed E-state index contributed by atoms with van der Waals surface area (Å²) in [6.07, 6.45) is 1.91. The lowest BCUT2D eigenvalue weighted by Crippen LogP contribution is -2.18. The van der Waals surface area contributed by atoms with Gasteiger partial charge in [0.1, 0.15) is 5.75 Å². The Bertz CT molecular complexity index is 1070. The van der Waals surface area contributed by atoms with Gasteiger partial charge in [0.25, 0.3) is 0 Å². The molecule has 132 valence electrons. The lowest BCUT2D eigenvalue weighted by Gasteiger charge is -2.18. The first-order chi connectivity index (χ1) is 12.5. The van der Waals surface area contributed by atoms with E-state index in [4.69, 9.17) is 0 Å². The number of aromatic nitrogens is 1. The third-order valence-corrected chi connectivity index (χ3v) is 5.71. The van der Waals surface area contributed by atoms with E-state index in [1.54, 1.807) is 17.4 Å². The molecule has 4 heteroatoms. The van der Waals surface area contributed by atoms with Crippen molar-refractivity contribution >= 4 is 32.3 Å². The van der Waals surface area contributed by atoms with Crippen molar-refractivity contribution < 1.29 is 5.11 Å². The number of hydrogen-bond acceptors (Lipinski definition) is 4. The van der Waals surface area contributed by atoms with E-state index in [0.717, 1.165) is 38.7 Å². The van der Waals surface area contributed by atoms with Crippen molar-refractivity contribution in [2.45, 2.75) is 12.8 Å². The van der Waals surface area contributed by atoms with Crippen LogP contribution in [0.2, 0.25) is 0 Å². The van der Waals surface area contributed by atoms with Gasteiger partial charge in [0.15, 0.2) is 0 Å². The SMILES string of the molecule is CC(CN(C)C)c1ccc(-c2c(O)ccc3ncc4sccc4c23)cc1. The van der Waals surface area contributed by atoms with Gasteiger partial charge in [-0.3, -0.25) is 4.98 Å². The Balaban J connectivity index is 1.86. The van der Waals surface area contributed by atoms with Gasteiger partial charge in [-0.25, -0.2) is 0 Å². The van der Waals surface area contributed by atoms with Crippen LogP contribution in [-0.4, -0.2) is 35.6 Å². The quantitative estimate of drug-likeness (QED) is 0.522. The molecular weight excluding hydrogens is 340 g/mol. The number of aromatic hydroxyl groups is 1. The van der Waals surface area contributed by atoms with E-state index in [0.29, 0.717) is 11.7 Å². The normalized spacial score (nSPS) is 12.9. The molecule has 2 aromatic carbocycles. The number of fused-ring (bicyclic) bond motifs is 3. The molecule has 0 aliphatic rings. The summed E-state index contributed by atoms with van der Waals surface area (Å²) in [6.45, 7) is 3.25. The summed E-state index contributed by atoms with van der Waals surface area (Å²) in [5.74, 6) is 0.762. The summed E-state index contributed by atoms with van der Waals surface area (Å²) < 4.78 is 1.14. The van der Waals surface area contributed by atoms with Crippen molar-refractivity contribution in [1.29, 1.82) is 0 Å². The molecule has 0 bridgehead atoms. The molecule has 0 aliphatic carbocycles. The van der Waals surface area contributed by atoms with Gasteiger partial charge in [-0.1, -0.05) is 31.2 Å². The highest BCUT2D eigenvalue weighted by Gasteiger charge is 2.15. The minimum atomic E-state index is 0.298. The average Bonchev–Trinajstić information content (AvgIpc) is 3.10. The van der Waals surface area contributed by atoms with Crippen LogP contribution >= 0.6 is 11.3 Å². The van der Waals surface area contributed by atoms with Crippen molar-refractivity contribution in [2.24, 2.45) is 0 Å². The third-order valence-electron chi connectivity index (χ3n) is 4.85. The summed E-state index contributed by atoms with van der Waals surface area (Å²) in [6, 6.07) is 14.3. The highest BCUT2D eigenvalue weighted by molar-refractivity contribution is 7.17. The molecule has 1 unspecified atom stereocenters. The van der Waals surface area contributed by atoms with Gasteiger partial charge < -0.3 is 10.0 Å². The lowest BCUT2D eigenvalue weighted by molar-refractivity contribution is 0.383. The van der Waals surface area contributed by atoms with E-state index >= 15 is 0 Å². The van der Waals surface area contributed by atoms with Crippen LogP contribution in [0.5, 0.6) is 5.75 Å². The third kappa shape index (κ3) is 2.96. The molecular formula is C22H22N2OS. The second-order valence-corrected chi connectivity index (χ2v) is 8.04. The van der Waals surface area contributed by atoms with Crippen LogP contribution in [0.4, 0.5) is 0 Å². The largest absolute Gasteiger partial charge is 0.507 e. The van der Waals surface area contributed by atoms with Crippen LogP contribution in [0.1, 0.15) is 18.4 Å². The van der Waals surface area contributed by atoms with Crippen LogP contribution in [0.25, 0.3) is 32.1 Å². The highest BCUT2D eigenvalue weighted by atomic mass is 32.1. The van der Waals surface area contributed by atoms with Gasteiger partial charge in [0, 0.05) is 29.1 Å². The van der Waals surface area contributed by atoms with Crippen molar-refractivity contribution in [2.75, 3.05) is 20.6 Å². The van der Waals surface area contributed by atoms with E-state index < -0.39 is 0 Å². The topological polar surface area (TPSA) is 36.4 Å². The van der Waals surface area contributed by atoms with Gasteiger partial charge in [-0.2, -0.15) is 0 Å². The van der Waals surface area contributed by atoms with Crippen LogP contribution < -0.4 is 0 Å². The molecule has 0 fully saturated rings. The van der Waals surface area contributed by atoms with Gasteiger partial charge in [-0.05, 0) is 54.7 Å². The van der Waals surface area contributed by atoms with Gasteiger partial charge in [0.2, 0.25) is 0 Å². The lowest BCUT2D eigenvalue weighted by atomic mass is 9.94. The summed E-state index contributed by atoms with van der Waals surface area (Å²) in [5.41, 5.74) is 4.11. The molecule has 0 spiro atoms. The first-order valence-electron chi connectivity index (χ1n) is 8.77. The Morgan fingerprint density at radius 2 is 1.85 bits per heavy atom. The average molecular weight is 362 g/mol. The maximum absolute atomic E-state index is 10.6. The molecule has 26 heavy (non-hydrogen) atoms. The van der Waals surface area contributed by atoms with Crippen LogP contribution in [0, 0.1) is 0 Å². The van der Waals surface area contributed by atoms with Crippen molar-refractivity contribution in [3.63, 3.8) is 0 Å². The van der Waals surface area contributed by atoms with Crippen LogP contribution in [0.15, 0.2) is 54.0 Å². The van der Waals surface area contributed by atoms with Gasteiger partial charge in [0.05, 0.1) is 10.2 Å². The zero-order valence-electron chi connectivity index (χ0n) is 15.2. The summed E-state index contributed by atoms with van der Waals surface area (Å²) in [5, 5.41) is 14.9.